The Balaban J connectivity index is 0.000000134. The van der Waals surface area contributed by atoms with E-state index in [4.69, 9.17) is 18.2 Å². The van der Waals surface area contributed by atoms with Crippen LogP contribution in [0.4, 0.5) is 0 Å². The van der Waals surface area contributed by atoms with Gasteiger partial charge in [0.25, 0.3) is 0 Å². The molecule has 0 amide bonds. The van der Waals surface area contributed by atoms with E-state index in [9.17, 15) is 0 Å². The van der Waals surface area contributed by atoms with E-state index in [1.54, 1.807) is 0 Å². The summed E-state index contributed by atoms with van der Waals surface area (Å²) in [5.41, 5.74) is 25.3. The van der Waals surface area contributed by atoms with Crippen molar-refractivity contribution in [2.45, 2.75) is 0 Å². The topological polar surface area (TPSA) is 52.3 Å². The van der Waals surface area contributed by atoms with Crippen molar-refractivity contribution in [2.75, 3.05) is 0 Å². The molecule has 0 aliphatic rings. The molecule has 0 aliphatic heterocycles. The van der Waals surface area contributed by atoms with Gasteiger partial charge in [-0.2, -0.15) is 0 Å². The van der Waals surface area contributed by atoms with Crippen LogP contribution in [0.3, 0.4) is 0 Å². The molecular formula is C113H67NO3. The lowest BCUT2D eigenvalue weighted by Crippen LogP contribution is -1.91. The minimum Gasteiger partial charge on any atom is -0.455 e. The molecule has 0 unspecified atom stereocenters. The van der Waals surface area contributed by atoms with Crippen LogP contribution in [-0.2, 0) is 0 Å². The normalized spacial score (nSPS) is 11.9. The number of aromatic nitrogens is 1. The van der Waals surface area contributed by atoms with Crippen LogP contribution in [0.2, 0.25) is 0 Å². The van der Waals surface area contributed by atoms with Gasteiger partial charge in [-0.3, -0.25) is 4.98 Å². The second-order valence-electron chi connectivity index (χ2n) is 30.8. The molecule has 542 valence electrons. The first kappa shape index (κ1) is 66.1. The summed E-state index contributed by atoms with van der Waals surface area (Å²) in [5, 5.41) is 27.2. The average molecular weight is 1490 g/mol. The van der Waals surface area contributed by atoms with Gasteiger partial charge < -0.3 is 13.3 Å². The summed E-state index contributed by atoms with van der Waals surface area (Å²) in [5.74, 6) is 0. The maximum Gasteiger partial charge on any atom is 0.143 e. The van der Waals surface area contributed by atoms with Crippen LogP contribution >= 0.6 is 0 Å². The fourth-order valence-electron chi connectivity index (χ4n) is 19.6. The van der Waals surface area contributed by atoms with E-state index < -0.39 is 0 Å². The lowest BCUT2D eigenvalue weighted by molar-refractivity contribution is 0.669. The minimum absolute atomic E-state index is 0.873. The number of benzene rings is 21. The predicted octanol–water partition coefficient (Wildman–Crippen LogP) is 32.2. The molecule has 25 aromatic rings. The molecule has 0 fully saturated rings. The molecule has 0 N–H and O–H groups in total. The van der Waals surface area contributed by atoms with Gasteiger partial charge in [0.1, 0.15) is 33.5 Å². The maximum absolute atomic E-state index is 6.95. The Bertz CT molecular complexity index is 8230. The molecule has 4 aromatic heterocycles. The van der Waals surface area contributed by atoms with Gasteiger partial charge in [0.05, 0.1) is 5.52 Å². The van der Waals surface area contributed by atoms with Crippen LogP contribution in [0.5, 0.6) is 0 Å². The van der Waals surface area contributed by atoms with Gasteiger partial charge in [0.15, 0.2) is 0 Å². The van der Waals surface area contributed by atoms with Crippen LogP contribution in [-0.4, -0.2) is 4.98 Å². The van der Waals surface area contributed by atoms with Crippen molar-refractivity contribution >= 4 is 163 Å². The molecule has 25 rings (SSSR count). The lowest BCUT2D eigenvalue weighted by atomic mass is 9.85. The molecule has 117 heavy (non-hydrogen) atoms. The number of hydrogen-bond donors (Lipinski definition) is 0. The molecule has 0 radical (unpaired) electrons. The molecule has 0 spiro atoms. The van der Waals surface area contributed by atoms with Gasteiger partial charge in [0, 0.05) is 77.3 Å². The van der Waals surface area contributed by atoms with Gasteiger partial charge >= 0.3 is 0 Å². The lowest BCUT2D eigenvalue weighted by Gasteiger charge is -2.18. The third-order valence-corrected chi connectivity index (χ3v) is 24.5. The fourth-order valence-corrected chi connectivity index (χ4v) is 19.6. The van der Waals surface area contributed by atoms with Crippen molar-refractivity contribution < 1.29 is 13.3 Å². The Morgan fingerprint density at radius 1 is 0.154 bits per heavy atom. The number of para-hydroxylation sites is 4. The number of nitrogens with zero attached hydrogens (tertiary/aromatic N) is 1. The molecule has 4 heteroatoms. The number of furan rings is 3. The summed E-state index contributed by atoms with van der Waals surface area (Å²) in [6.07, 6.45) is 1.87. The molecular weight excluding hydrogens is 1420 g/mol. The summed E-state index contributed by atoms with van der Waals surface area (Å²) >= 11 is 0. The van der Waals surface area contributed by atoms with E-state index in [1.807, 2.05) is 18.3 Å². The van der Waals surface area contributed by atoms with Gasteiger partial charge in [-0.25, -0.2) is 0 Å². The van der Waals surface area contributed by atoms with Crippen LogP contribution in [0, 0.1) is 0 Å². The molecule has 0 saturated carbocycles. The fraction of sp³-hybridized carbons (Fsp3) is 0. The summed E-state index contributed by atoms with van der Waals surface area (Å²) in [6.45, 7) is 0. The highest BCUT2D eigenvalue weighted by molar-refractivity contribution is 6.30. The summed E-state index contributed by atoms with van der Waals surface area (Å²) in [4.78, 5) is 4.70. The monoisotopic (exact) mass is 1490 g/mol. The number of rotatable bonds is 8. The molecule has 0 atom stereocenters. The number of pyridine rings is 1. The van der Waals surface area contributed by atoms with E-state index in [-0.39, 0.29) is 0 Å². The quantitative estimate of drug-likeness (QED) is 0.142. The minimum atomic E-state index is 0.873. The van der Waals surface area contributed by atoms with Crippen LogP contribution in [0.1, 0.15) is 0 Å². The van der Waals surface area contributed by atoms with Crippen molar-refractivity contribution in [1.82, 2.24) is 4.98 Å². The summed E-state index contributed by atoms with van der Waals surface area (Å²) in [7, 11) is 0. The largest absolute Gasteiger partial charge is 0.455 e. The highest BCUT2D eigenvalue weighted by Gasteiger charge is 2.27. The SMILES string of the molecule is c1ccc(-c2c3ccccc3c(-c3cccc4c3oc3ccc(-c5c6ccccc6c(-c6ccc7cccnc7c6)c6ccccc56)cc34)c3ccccc23)cc1.c1ccc(-c2c3ccccc3c(-c3cccc4c3oc3ccc(-c5c6ccccc6c(-c6cccc7c6oc6ccccc67)c6ccccc56)cc34)c3ccccc23)cc1. The van der Waals surface area contributed by atoms with Crippen LogP contribution in [0.25, 0.3) is 252 Å². The maximum atomic E-state index is 6.95. The van der Waals surface area contributed by atoms with Crippen LogP contribution < -0.4 is 0 Å². The van der Waals surface area contributed by atoms with Gasteiger partial charge in [-0.15, -0.1) is 0 Å². The van der Waals surface area contributed by atoms with E-state index >= 15 is 0 Å². The zero-order chi connectivity index (χ0) is 76.8. The zero-order valence-corrected chi connectivity index (χ0v) is 63.4. The van der Waals surface area contributed by atoms with Crippen molar-refractivity contribution in [3.05, 3.63) is 407 Å². The third kappa shape index (κ3) is 10.3. The van der Waals surface area contributed by atoms with Gasteiger partial charge in [-0.1, -0.05) is 358 Å². The molecule has 0 aliphatic carbocycles. The average Bonchev–Trinajstić information content (AvgIpc) is 1.72. The van der Waals surface area contributed by atoms with Crippen molar-refractivity contribution in [3.8, 4) is 89.0 Å². The van der Waals surface area contributed by atoms with Gasteiger partial charge in [0.2, 0.25) is 0 Å². The zero-order valence-electron chi connectivity index (χ0n) is 63.4. The number of fused-ring (bicyclic) bond motifs is 18. The van der Waals surface area contributed by atoms with Crippen molar-refractivity contribution in [2.24, 2.45) is 0 Å². The highest BCUT2D eigenvalue weighted by Crippen LogP contribution is 2.53. The third-order valence-electron chi connectivity index (χ3n) is 24.5. The predicted molar refractivity (Wildman–Crippen MR) is 494 cm³/mol. The molecule has 21 aromatic carbocycles. The van der Waals surface area contributed by atoms with E-state index in [0.29, 0.717) is 0 Å². The Labute approximate surface area is 672 Å². The molecule has 0 bridgehead atoms. The van der Waals surface area contributed by atoms with E-state index in [0.717, 1.165) is 105 Å². The molecule has 4 nitrogen and oxygen atoms in total. The van der Waals surface area contributed by atoms with Crippen molar-refractivity contribution in [1.29, 1.82) is 0 Å². The highest BCUT2D eigenvalue weighted by atomic mass is 16.3. The number of hydrogen-bond acceptors (Lipinski definition) is 4. The summed E-state index contributed by atoms with van der Waals surface area (Å²) < 4.78 is 20.5. The Morgan fingerprint density at radius 3 is 0.752 bits per heavy atom. The van der Waals surface area contributed by atoms with Gasteiger partial charge in [-0.05, 0) is 184 Å². The van der Waals surface area contributed by atoms with Crippen LogP contribution in [0.15, 0.2) is 420 Å². The van der Waals surface area contributed by atoms with E-state index in [2.05, 4.69) is 388 Å². The first-order valence-corrected chi connectivity index (χ1v) is 40.1. The van der Waals surface area contributed by atoms with Crippen molar-refractivity contribution in [3.63, 3.8) is 0 Å². The second-order valence-corrected chi connectivity index (χ2v) is 30.8. The Hall–Kier alpha value is -15.5. The Morgan fingerprint density at radius 2 is 0.410 bits per heavy atom. The Kier molecular flexibility index (Phi) is 15.0. The molecule has 0 saturated heterocycles. The second kappa shape index (κ2) is 26.6. The van der Waals surface area contributed by atoms with E-state index in [1.165, 1.54) is 147 Å². The summed E-state index contributed by atoms with van der Waals surface area (Å²) in [6, 6.07) is 145. The standard InChI is InChI=1S/C58H34O2.C55H33NO/c1-2-16-35(17-3-1)53-38-19-4-8-23-42(38)55(43-24-9-5-20-39(43)53)49-30-15-28-47-50-34-36(32-33-52(50)60-58(47)49)54-40-21-6-10-25-44(40)56(45-26-11-7-22-41(45)54)48-29-14-27-46-37-18-12-13-31-51(37)59-57(46)48;1-2-14-35(15-3-1)51-42-21-8-10-23-44(42)54(45-24-11-9-22-43(45)51)47-26-12-25-46-48-32-36(29-30-50(48)57-55(46)47)52-38-17-4-6-19-40(38)53(41-20-7-5-18-39(41)52)37-28-27-34-16-13-31-56-49(34)33-37/h1-34H;1-33H. The first-order chi connectivity index (χ1) is 58.1. The smallest absolute Gasteiger partial charge is 0.143 e. The first-order valence-electron chi connectivity index (χ1n) is 40.1. The molecule has 4 heterocycles.